The number of carboxylic acids is 1. The van der Waals surface area contributed by atoms with Crippen LogP contribution in [0.15, 0.2) is 70.1 Å². The van der Waals surface area contributed by atoms with Crippen LogP contribution >= 0.6 is 0 Å². The van der Waals surface area contributed by atoms with E-state index in [1.165, 1.54) is 24.3 Å². The van der Waals surface area contributed by atoms with E-state index in [2.05, 4.69) is 0 Å². The summed E-state index contributed by atoms with van der Waals surface area (Å²) in [6.45, 7) is 6.90. The van der Waals surface area contributed by atoms with Crippen LogP contribution in [0.1, 0.15) is 76.8 Å². The summed E-state index contributed by atoms with van der Waals surface area (Å²) in [5.74, 6) is -1.40. The molecule has 0 amide bonds. The predicted molar refractivity (Wildman–Crippen MR) is 194 cm³/mol. The Morgan fingerprint density at radius 3 is 2.13 bits per heavy atom. The topological polar surface area (TPSA) is 219 Å². The van der Waals surface area contributed by atoms with Crippen LogP contribution in [-0.2, 0) is 50.7 Å². The van der Waals surface area contributed by atoms with Crippen molar-refractivity contribution in [1.82, 2.24) is 0 Å². The van der Waals surface area contributed by atoms with Gasteiger partial charge in [-0.2, -0.15) is 21.4 Å². The number of methoxy groups -OCH3 is 1. The van der Waals surface area contributed by atoms with Gasteiger partial charge < -0.3 is 19.3 Å². The van der Waals surface area contributed by atoms with E-state index >= 15 is 0 Å². The summed E-state index contributed by atoms with van der Waals surface area (Å²) in [4.78, 5) is 12.4. The molecule has 0 bridgehead atoms. The molecular weight excluding hydrogens is 783 g/mol. The molecule has 0 spiro atoms. The van der Waals surface area contributed by atoms with Crippen LogP contribution in [0.2, 0.25) is 0 Å². The Morgan fingerprint density at radius 1 is 0.907 bits per heavy atom. The largest absolute Gasteiger partial charge is 1.00 e. The zero-order valence-corrected chi connectivity index (χ0v) is 38.1. The standard InChI is InChI=1S/C35H46N2O12S3.2Na/c1-5-36-29-16-14-25(51(43,44)45)23-27(29)34(2,18-10-22-50(40,41)42)31(36)11-9-12-32-35(3,19-21-49-4)28-24-26(52(46,47)48)15-17-30(28)37(32)20-8-6-7-13-33(38)39;;/h9,11-12,14-17,23-24H,5-8,10,13,18-22H2,1-4H3,(H3-,38,39,40,41,42,43,44,45,46,47,48);;/q;2*+1. The van der Waals surface area contributed by atoms with Crippen LogP contribution in [0.5, 0.6) is 0 Å². The summed E-state index contributed by atoms with van der Waals surface area (Å²) < 4.78 is 111. The van der Waals surface area contributed by atoms with Gasteiger partial charge in [-0.05, 0) is 94.8 Å². The molecule has 54 heavy (non-hydrogen) atoms. The summed E-state index contributed by atoms with van der Waals surface area (Å²) in [6.07, 6.45) is 7.95. The number of carbonyl (C=O) groups is 1. The van der Waals surface area contributed by atoms with Gasteiger partial charge in [0.15, 0.2) is 5.71 Å². The fourth-order valence-electron chi connectivity index (χ4n) is 7.35. The molecule has 4 rings (SSSR count). The van der Waals surface area contributed by atoms with Crippen molar-refractivity contribution in [3.8, 4) is 0 Å². The molecule has 0 radical (unpaired) electrons. The molecule has 2 atom stereocenters. The maximum atomic E-state index is 12.1. The third kappa shape index (κ3) is 11.1. The zero-order valence-electron chi connectivity index (χ0n) is 31.6. The van der Waals surface area contributed by atoms with E-state index in [0.29, 0.717) is 73.6 Å². The fraction of sp³-hybridized carbons (Fsp3) is 0.486. The quantitative estimate of drug-likeness (QED) is 0.0697. The summed E-state index contributed by atoms with van der Waals surface area (Å²) in [6, 6.07) is 8.54. The summed E-state index contributed by atoms with van der Waals surface area (Å²) in [5.41, 5.74) is 2.25. The van der Waals surface area contributed by atoms with Gasteiger partial charge >= 0.3 is 65.1 Å². The van der Waals surface area contributed by atoms with Crippen molar-refractivity contribution in [2.75, 3.05) is 37.5 Å². The van der Waals surface area contributed by atoms with Crippen molar-refractivity contribution in [2.24, 2.45) is 0 Å². The number of carboxylic acid groups (broad SMARTS) is 1. The minimum atomic E-state index is -4.77. The van der Waals surface area contributed by atoms with Crippen LogP contribution < -0.4 is 64.0 Å². The minimum absolute atomic E-state index is 0. The Morgan fingerprint density at radius 2 is 1.56 bits per heavy atom. The number of anilines is 1. The number of nitrogens with zero attached hydrogens (tertiary/aromatic N) is 2. The molecule has 2 aromatic carbocycles. The smallest absolute Gasteiger partial charge is 0.744 e. The van der Waals surface area contributed by atoms with Crippen LogP contribution in [0, 0.1) is 0 Å². The van der Waals surface area contributed by atoms with Crippen LogP contribution in [0.4, 0.5) is 11.4 Å². The average Bonchev–Trinajstić information content (AvgIpc) is 3.42. The van der Waals surface area contributed by atoms with Crippen molar-refractivity contribution in [3.63, 3.8) is 0 Å². The van der Waals surface area contributed by atoms with Gasteiger partial charge in [-0.1, -0.05) is 6.08 Å². The molecule has 0 fully saturated rings. The Labute approximate surface area is 362 Å². The summed E-state index contributed by atoms with van der Waals surface area (Å²) in [7, 11) is -12.1. The SMILES string of the molecule is CCN1C(=CC=CC2=[N+](CCCCCC(=O)O)c3ccc(S(=O)(=O)[O-])cc3C2(C)CCOC)C(C)(CCCS(=O)(=O)O)c2cc(S(=O)(=O)O)ccc21.[Na+].[Na+]. The molecule has 286 valence electrons. The maximum Gasteiger partial charge on any atom is 1.00 e. The fourth-order valence-corrected chi connectivity index (χ4v) is 8.87. The number of hydrogen-bond acceptors (Lipinski definition) is 10. The summed E-state index contributed by atoms with van der Waals surface area (Å²) in [5, 5.41) is 9.09. The Kier molecular flexibility index (Phi) is 17.4. The van der Waals surface area contributed by atoms with Crippen molar-refractivity contribution in [1.29, 1.82) is 0 Å². The molecule has 2 aliphatic rings. The Balaban J connectivity index is 0.00000504. The van der Waals surface area contributed by atoms with E-state index in [0.717, 1.165) is 5.71 Å². The third-order valence-corrected chi connectivity index (χ3v) is 12.5. The molecule has 0 aliphatic carbocycles. The zero-order chi connectivity index (χ0) is 38.7. The second kappa shape index (κ2) is 19.3. The molecule has 0 saturated carbocycles. The monoisotopic (exact) mass is 828 g/mol. The van der Waals surface area contributed by atoms with Gasteiger partial charge in [0.25, 0.3) is 20.2 Å². The van der Waals surface area contributed by atoms with Gasteiger partial charge in [0, 0.05) is 67.6 Å². The molecule has 14 nitrogen and oxygen atoms in total. The number of rotatable bonds is 18. The molecular formula is C35H46N2Na2O12S3+2. The third-order valence-electron chi connectivity index (χ3n) is 9.99. The molecule has 2 aromatic rings. The second-order valence-electron chi connectivity index (χ2n) is 13.5. The van der Waals surface area contributed by atoms with Crippen molar-refractivity contribution in [3.05, 3.63) is 71.5 Å². The Bertz CT molecular complexity index is 2140. The molecule has 2 unspecified atom stereocenters. The number of likely N-dealkylation sites (N-methyl/N-ethyl adjacent to an activating group) is 1. The normalized spacial score (nSPS) is 20.6. The first kappa shape index (κ1) is 48.7. The maximum absolute atomic E-state index is 12.1. The molecule has 0 aromatic heterocycles. The minimum Gasteiger partial charge on any atom is -0.744 e. The van der Waals surface area contributed by atoms with Crippen molar-refractivity contribution < 1.29 is 117 Å². The van der Waals surface area contributed by atoms with Gasteiger partial charge in [-0.15, -0.1) is 0 Å². The first-order valence-corrected chi connectivity index (χ1v) is 21.3. The van der Waals surface area contributed by atoms with Crippen molar-refractivity contribution >= 4 is 53.4 Å². The van der Waals surface area contributed by atoms with E-state index in [4.69, 9.17) is 9.84 Å². The van der Waals surface area contributed by atoms with E-state index < -0.39 is 52.9 Å². The number of hydrogen-bond donors (Lipinski definition) is 3. The number of ether oxygens (including phenoxy) is 1. The van der Waals surface area contributed by atoms with Gasteiger partial charge in [-0.25, -0.2) is 8.42 Å². The average molecular weight is 829 g/mol. The predicted octanol–water partition coefficient (Wildman–Crippen LogP) is -1.21. The number of aliphatic carboxylic acids is 1. The Hall–Kier alpha value is -1.45. The van der Waals surface area contributed by atoms with Crippen molar-refractivity contribution in [2.45, 2.75) is 86.3 Å². The van der Waals surface area contributed by atoms with Crippen LogP contribution in [-0.4, -0.2) is 92.8 Å². The molecule has 2 aliphatic heterocycles. The van der Waals surface area contributed by atoms with E-state index in [1.807, 2.05) is 48.5 Å². The molecule has 0 saturated heterocycles. The first-order valence-electron chi connectivity index (χ1n) is 16.9. The van der Waals surface area contributed by atoms with E-state index in [9.17, 15) is 43.7 Å². The molecule has 3 N–H and O–H groups in total. The second-order valence-corrected chi connectivity index (χ2v) is 17.9. The number of allylic oxidation sites excluding steroid dienone is 4. The van der Waals surface area contributed by atoms with Gasteiger partial charge in [-0.3, -0.25) is 13.9 Å². The molecule has 19 heteroatoms. The summed E-state index contributed by atoms with van der Waals surface area (Å²) >= 11 is 0. The number of benzene rings is 2. The van der Waals surface area contributed by atoms with Gasteiger partial charge in [0.2, 0.25) is 5.69 Å². The number of fused-ring (bicyclic) bond motifs is 2. The first-order chi connectivity index (χ1) is 24.2. The van der Waals surface area contributed by atoms with E-state index in [-0.39, 0.29) is 88.2 Å². The van der Waals surface area contributed by atoms with Crippen LogP contribution in [0.25, 0.3) is 0 Å². The van der Waals surface area contributed by atoms with Gasteiger partial charge in [0.1, 0.15) is 16.7 Å². The van der Waals surface area contributed by atoms with Gasteiger partial charge in [0.05, 0.1) is 21.0 Å². The number of unbranched alkanes of at least 4 members (excludes halogenated alkanes) is 2. The van der Waals surface area contributed by atoms with Crippen LogP contribution in [0.3, 0.4) is 0 Å². The molecule has 2 heterocycles. The van der Waals surface area contributed by atoms with E-state index in [1.54, 1.807) is 19.2 Å².